The first-order valence-electron chi connectivity index (χ1n) is 21.2. The number of thiophene rings is 1. The van der Waals surface area contributed by atoms with E-state index in [0.717, 1.165) is 38.8 Å². The Kier molecular flexibility index (Phi) is 8.01. The minimum atomic E-state index is 0.631. The van der Waals surface area contributed by atoms with Crippen LogP contribution in [0.3, 0.4) is 0 Å². The van der Waals surface area contributed by atoms with Gasteiger partial charge in [-0.3, -0.25) is 0 Å². The molecule has 0 aliphatic carbocycles. The molecular weight excluding hydrogens is 787 g/mol. The fourth-order valence-electron chi connectivity index (χ4n) is 9.59. The summed E-state index contributed by atoms with van der Waals surface area (Å²) in [5, 5.41) is 7.29. The SMILES string of the molecule is c1ccc(-c2nc(-c3ccccc3)nc(-c3cccc4c5cc6sc7c(-n8c9ccccc9c9cccc(-c%10ccccc%10)c98)cccc7c6cc5n(-c5ccccc5)c34)n2)cc1. The molecule has 0 unspecified atom stereocenters. The highest BCUT2D eigenvalue weighted by Crippen LogP contribution is 2.46. The van der Waals surface area contributed by atoms with Gasteiger partial charge in [0.05, 0.1) is 32.5 Å². The van der Waals surface area contributed by atoms with Crippen molar-refractivity contribution in [2.24, 2.45) is 0 Å². The lowest BCUT2D eigenvalue weighted by atomic mass is 10.0. The third kappa shape index (κ3) is 5.59. The van der Waals surface area contributed by atoms with Crippen LogP contribution in [0.2, 0.25) is 0 Å². The fraction of sp³-hybridized carbons (Fsp3) is 0. The Labute approximate surface area is 366 Å². The molecule has 294 valence electrons. The minimum absolute atomic E-state index is 0.631. The van der Waals surface area contributed by atoms with Crippen molar-refractivity contribution in [3.05, 3.63) is 212 Å². The Morgan fingerprint density at radius 2 is 0.857 bits per heavy atom. The Hall–Kier alpha value is -8.19. The zero-order valence-corrected chi connectivity index (χ0v) is 34.7. The van der Waals surface area contributed by atoms with Crippen molar-refractivity contribution >= 4 is 75.1 Å². The van der Waals surface area contributed by atoms with E-state index in [1.54, 1.807) is 0 Å². The average Bonchev–Trinajstić information content (AvgIpc) is 4.01. The van der Waals surface area contributed by atoms with Crippen LogP contribution < -0.4 is 0 Å². The molecule has 6 heteroatoms. The summed E-state index contributed by atoms with van der Waals surface area (Å²) in [5.74, 6) is 1.91. The van der Waals surface area contributed by atoms with Gasteiger partial charge in [0.15, 0.2) is 17.5 Å². The van der Waals surface area contributed by atoms with Crippen LogP contribution in [0.4, 0.5) is 0 Å². The predicted octanol–water partition coefficient (Wildman–Crippen LogP) is 15.1. The molecule has 0 aliphatic rings. The first-order valence-corrected chi connectivity index (χ1v) is 22.0. The van der Waals surface area contributed by atoms with Crippen LogP contribution in [0.1, 0.15) is 0 Å². The Morgan fingerprint density at radius 3 is 1.56 bits per heavy atom. The highest BCUT2D eigenvalue weighted by molar-refractivity contribution is 7.26. The zero-order chi connectivity index (χ0) is 41.4. The van der Waals surface area contributed by atoms with Gasteiger partial charge in [0.25, 0.3) is 0 Å². The van der Waals surface area contributed by atoms with Gasteiger partial charge in [-0.05, 0) is 48.0 Å². The smallest absolute Gasteiger partial charge is 0.166 e. The first kappa shape index (κ1) is 35.6. The second-order valence-electron chi connectivity index (χ2n) is 16.0. The second kappa shape index (κ2) is 14.2. The van der Waals surface area contributed by atoms with E-state index in [2.05, 4.69) is 185 Å². The molecular formula is C57H35N5S. The molecule has 0 atom stereocenters. The monoisotopic (exact) mass is 821 g/mol. The van der Waals surface area contributed by atoms with E-state index >= 15 is 0 Å². The van der Waals surface area contributed by atoms with E-state index in [1.165, 1.54) is 64.2 Å². The summed E-state index contributed by atoms with van der Waals surface area (Å²) in [7, 11) is 0. The minimum Gasteiger partial charge on any atom is -0.308 e. The summed E-state index contributed by atoms with van der Waals surface area (Å²) >= 11 is 1.87. The van der Waals surface area contributed by atoms with Crippen molar-refractivity contribution in [1.82, 2.24) is 24.1 Å². The molecule has 0 fully saturated rings. The number of para-hydroxylation sites is 4. The molecule has 13 aromatic rings. The van der Waals surface area contributed by atoms with E-state index in [4.69, 9.17) is 15.0 Å². The van der Waals surface area contributed by atoms with Gasteiger partial charge in [0.1, 0.15) is 0 Å². The second-order valence-corrected chi connectivity index (χ2v) is 17.0. The number of rotatable bonds is 6. The molecule has 9 aromatic carbocycles. The molecule has 13 rings (SSSR count). The van der Waals surface area contributed by atoms with Gasteiger partial charge in [-0.2, -0.15) is 0 Å². The quantitative estimate of drug-likeness (QED) is 0.168. The number of hydrogen-bond acceptors (Lipinski definition) is 4. The third-order valence-corrected chi connectivity index (χ3v) is 13.6. The van der Waals surface area contributed by atoms with E-state index in [-0.39, 0.29) is 0 Å². The molecule has 0 saturated carbocycles. The Morgan fingerprint density at radius 1 is 0.333 bits per heavy atom. The van der Waals surface area contributed by atoms with Crippen LogP contribution in [-0.2, 0) is 0 Å². The summed E-state index contributed by atoms with van der Waals surface area (Å²) in [6, 6.07) is 75.5. The lowest BCUT2D eigenvalue weighted by Gasteiger charge is -2.13. The predicted molar refractivity (Wildman–Crippen MR) is 263 cm³/mol. The molecule has 4 aromatic heterocycles. The van der Waals surface area contributed by atoms with Crippen LogP contribution >= 0.6 is 11.3 Å². The average molecular weight is 822 g/mol. The molecule has 63 heavy (non-hydrogen) atoms. The van der Waals surface area contributed by atoms with E-state index in [9.17, 15) is 0 Å². The normalized spacial score (nSPS) is 11.8. The van der Waals surface area contributed by atoms with Crippen molar-refractivity contribution in [3.8, 4) is 56.7 Å². The molecule has 0 saturated heterocycles. The molecule has 0 N–H and O–H groups in total. The summed E-state index contributed by atoms with van der Waals surface area (Å²) < 4.78 is 7.40. The summed E-state index contributed by atoms with van der Waals surface area (Å²) in [4.78, 5) is 15.4. The zero-order valence-electron chi connectivity index (χ0n) is 33.9. The van der Waals surface area contributed by atoms with Crippen LogP contribution in [0.5, 0.6) is 0 Å². The van der Waals surface area contributed by atoms with Gasteiger partial charge in [0, 0.05) is 65.0 Å². The van der Waals surface area contributed by atoms with E-state index in [1.807, 2.05) is 47.7 Å². The molecule has 0 amide bonds. The maximum atomic E-state index is 5.21. The highest BCUT2D eigenvalue weighted by Gasteiger charge is 2.23. The van der Waals surface area contributed by atoms with Crippen molar-refractivity contribution in [3.63, 3.8) is 0 Å². The van der Waals surface area contributed by atoms with Gasteiger partial charge in [-0.15, -0.1) is 11.3 Å². The van der Waals surface area contributed by atoms with Crippen LogP contribution in [0.15, 0.2) is 212 Å². The third-order valence-electron chi connectivity index (χ3n) is 12.4. The van der Waals surface area contributed by atoms with Crippen LogP contribution in [0, 0.1) is 0 Å². The van der Waals surface area contributed by atoms with Gasteiger partial charge in [-0.25, -0.2) is 15.0 Å². The van der Waals surface area contributed by atoms with Gasteiger partial charge in [0.2, 0.25) is 0 Å². The molecule has 4 heterocycles. The fourth-order valence-corrected chi connectivity index (χ4v) is 10.8. The largest absolute Gasteiger partial charge is 0.308 e. The number of nitrogens with zero attached hydrogens (tertiary/aromatic N) is 5. The number of hydrogen-bond donors (Lipinski definition) is 0. The topological polar surface area (TPSA) is 48.5 Å². The maximum absolute atomic E-state index is 5.21. The first-order chi connectivity index (χ1) is 31.3. The van der Waals surface area contributed by atoms with E-state index < -0.39 is 0 Å². The molecule has 5 nitrogen and oxygen atoms in total. The van der Waals surface area contributed by atoms with E-state index in [0.29, 0.717) is 17.5 Å². The van der Waals surface area contributed by atoms with Crippen LogP contribution in [0.25, 0.3) is 120 Å². The Balaban J connectivity index is 1.09. The van der Waals surface area contributed by atoms with Crippen molar-refractivity contribution in [2.45, 2.75) is 0 Å². The number of fused-ring (bicyclic) bond motifs is 9. The molecule has 0 spiro atoms. The lowest BCUT2D eigenvalue weighted by Crippen LogP contribution is -2.02. The van der Waals surface area contributed by atoms with Gasteiger partial charge < -0.3 is 9.13 Å². The van der Waals surface area contributed by atoms with Gasteiger partial charge >= 0.3 is 0 Å². The number of benzene rings is 9. The number of aromatic nitrogens is 5. The van der Waals surface area contributed by atoms with Crippen molar-refractivity contribution < 1.29 is 0 Å². The summed E-state index contributed by atoms with van der Waals surface area (Å²) in [6.07, 6.45) is 0. The summed E-state index contributed by atoms with van der Waals surface area (Å²) in [5.41, 5.74) is 12.1. The van der Waals surface area contributed by atoms with Crippen molar-refractivity contribution in [2.75, 3.05) is 0 Å². The molecule has 0 bridgehead atoms. The van der Waals surface area contributed by atoms with Crippen molar-refractivity contribution in [1.29, 1.82) is 0 Å². The lowest BCUT2D eigenvalue weighted by molar-refractivity contribution is 1.07. The summed E-state index contributed by atoms with van der Waals surface area (Å²) in [6.45, 7) is 0. The standard InChI is InChI=1S/C57H35N5S/c1-5-18-36(19-6-1)40-27-15-28-42-41-26-13-14-32-48(41)62(52(40)42)49-33-17-30-44-47-34-50-46(35-51(47)63-54(44)49)43-29-16-31-45(53(43)61(50)39-24-11-4-12-25-39)57-59-55(37-20-7-2-8-21-37)58-56(60-57)38-22-9-3-10-23-38/h1-35H. The Bertz CT molecular complexity index is 3830. The van der Waals surface area contributed by atoms with Gasteiger partial charge in [-0.1, -0.05) is 170 Å². The maximum Gasteiger partial charge on any atom is 0.166 e. The molecule has 0 radical (unpaired) electrons. The molecule has 0 aliphatic heterocycles. The highest BCUT2D eigenvalue weighted by atomic mass is 32.1. The van der Waals surface area contributed by atoms with Crippen LogP contribution in [-0.4, -0.2) is 24.1 Å².